The fraction of sp³-hybridized carbons (Fsp3) is 0.400. The number of anilines is 1. The van der Waals surface area contributed by atoms with E-state index in [0.717, 1.165) is 0 Å². The topological polar surface area (TPSA) is 119 Å². The van der Waals surface area contributed by atoms with Crippen molar-refractivity contribution in [3.8, 4) is 0 Å². The van der Waals surface area contributed by atoms with Gasteiger partial charge in [-0.15, -0.1) is 0 Å². The van der Waals surface area contributed by atoms with Crippen molar-refractivity contribution in [2.75, 3.05) is 24.6 Å². The second kappa shape index (κ2) is 7.49. The van der Waals surface area contributed by atoms with Crippen LogP contribution in [0.5, 0.6) is 0 Å². The second-order valence-electron chi connectivity index (χ2n) is 3.48. The number of hydrogen-bond acceptors (Lipinski definition) is 6. The van der Waals surface area contributed by atoms with Crippen LogP contribution in [-0.2, 0) is 14.3 Å². The summed E-state index contributed by atoms with van der Waals surface area (Å²) in [5, 5.41) is 9.18. The van der Waals surface area contributed by atoms with Crippen LogP contribution in [0.15, 0.2) is 12.4 Å². The van der Waals surface area contributed by atoms with Gasteiger partial charge in [-0.2, -0.15) is 0 Å². The number of primary amides is 1. The SMILES string of the molecule is NC=O.O=C(O)[C@@H]1CN(c2cc(Cl)ncn2)CCO1. The molecule has 0 aromatic carbocycles. The molecule has 1 aliphatic heterocycles. The van der Waals surface area contributed by atoms with E-state index in [2.05, 4.69) is 15.7 Å². The van der Waals surface area contributed by atoms with E-state index in [1.54, 1.807) is 6.07 Å². The van der Waals surface area contributed by atoms with Crippen molar-refractivity contribution < 1.29 is 19.4 Å². The van der Waals surface area contributed by atoms with Gasteiger partial charge >= 0.3 is 5.97 Å². The van der Waals surface area contributed by atoms with Gasteiger partial charge in [0.2, 0.25) is 6.41 Å². The van der Waals surface area contributed by atoms with Gasteiger partial charge in [-0.25, -0.2) is 14.8 Å². The number of halogens is 1. The molecule has 8 nitrogen and oxygen atoms in total. The molecule has 19 heavy (non-hydrogen) atoms. The van der Waals surface area contributed by atoms with Gasteiger partial charge in [-0.05, 0) is 0 Å². The van der Waals surface area contributed by atoms with Gasteiger partial charge in [-0.3, -0.25) is 4.79 Å². The molecular formula is C10H13ClN4O4. The number of aromatic nitrogens is 2. The maximum Gasteiger partial charge on any atom is 0.334 e. The number of carboxylic acids is 1. The van der Waals surface area contributed by atoms with Crippen LogP contribution in [0.1, 0.15) is 0 Å². The van der Waals surface area contributed by atoms with Gasteiger partial charge in [0.25, 0.3) is 0 Å². The van der Waals surface area contributed by atoms with E-state index in [9.17, 15) is 4.79 Å². The number of nitrogens with two attached hydrogens (primary N) is 1. The molecule has 2 heterocycles. The number of ether oxygens (including phenoxy) is 1. The Balaban J connectivity index is 0.000000550. The first-order valence-electron chi connectivity index (χ1n) is 5.30. The molecule has 0 bridgehead atoms. The minimum absolute atomic E-state index is 0.250. The van der Waals surface area contributed by atoms with Crippen LogP contribution in [-0.4, -0.2) is 53.3 Å². The highest BCUT2D eigenvalue weighted by molar-refractivity contribution is 6.29. The van der Waals surface area contributed by atoms with E-state index in [1.165, 1.54) is 6.33 Å². The average Bonchev–Trinajstić information content (AvgIpc) is 2.40. The molecule has 1 atom stereocenters. The number of carbonyl (C=O) groups excluding carboxylic acids is 1. The molecule has 0 saturated carbocycles. The third-order valence-corrected chi connectivity index (χ3v) is 2.49. The molecule has 1 amide bonds. The highest BCUT2D eigenvalue weighted by atomic mass is 35.5. The van der Waals surface area contributed by atoms with Crippen molar-refractivity contribution in [2.45, 2.75) is 6.10 Å². The highest BCUT2D eigenvalue weighted by Crippen LogP contribution is 2.17. The van der Waals surface area contributed by atoms with E-state index >= 15 is 0 Å². The zero-order chi connectivity index (χ0) is 14.3. The Labute approximate surface area is 114 Å². The molecular weight excluding hydrogens is 276 g/mol. The predicted molar refractivity (Wildman–Crippen MR) is 66.9 cm³/mol. The fourth-order valence-corrected chi connectivity index (χ4v) is 1.65. The highest BCUT2D eigenvalue weighted by Gasteiger charge is 2.26. The lowest BCUT2D eigenvalue weighted by Gasteiger charge is -2.31. The normalized spacial score (nSPS) is 18.2. The molecule has 0 spiro atoms. The molecule has 1 aliphatic rings. The van der Waals surface area contributed by atoms with Crippen molar-refractivity contribution in [1.29, 1.82) is 0 Å². The number of amides is 1. The summed E-state index contributed by atoms with van der Waals surface area (Å²) in [5.74, 6) is -0.348. The minimum atomic E-state index is -0.968. The Morgan fingerprint density at radius 3 is 2.89 bits per heavy atom. The van der Waals surface area contributed by atoms with Crippen LogP contribution >= 0.6 is 11.6 Å². The number of rotatable bonds is 2. The lowest BCUT2D eigenvalue weighted by molar-refractivity contribution is -0.150. The summed E-state index contributed by atoms with van der Waals surface area (Å²) >= 11 is 5.74. The lowest BCUT2D eigenvalue weighted by atomic mass is 10.2. The van der Waals surface area contributed by atoms with E-state index in [0.29, 0.717) is 24.1 Å². The monoisotopic (exact) mass is 288 g/mol. The van der Waals surface area contributed by atoms with E-state index < -0.39 is 12.1 Å². The number of aliphatic carboxylic acids is 1. The molecule has 0 aliphatic carbocycles. The molecule has 9 heteroatoms. The van der Waals surface area contributed by atoms with Gasteiger partial charge in [0.05, 0.1) is 13.2 Å². The molecule has 104 valence electrons. The molecule has 1 aromatic heterocycles. The van der Waals surface area contributed by atoms with Gasteiger partial charge in [-0.1, -0.05) is 11.6 Å². The lowest BCUT2D eigenvalue weighted by Crippen LogP contribution is -2.46. The maximum atomic E-state index is 10.8. The Bertz CT molecular complexity index is 445. The molecule has 1 saturated heterocycles. The molecule has 3 N–H and O–H groups in total. The Hall–Kier alpha value is -1.93. The Kier molecular flexibility index (Phi) is 5.97. The van der Waals surface area contributed by atoms with Crippen molar-refractivity contribution >= 4 is 29.8 Å². The number of hydrogen-bond donors (Lipinski definition) is 2. The van der Waals surface area contributed by atoms with E-state index in [-0.39, 0.29) is 13.0 Å². The van der Waals surface area contributed by atoms with Crippen molar-refractivity contribution in [3.05, 3.63) is 17.5 Å². The van der Waals surface area contributed by atoms with Gasteiger partial charge in [0.15, 0.2) is 6.10 Å². The number of nitrogens with zero attached hydrogens (tertiary/aromatic N) is 3. The molecule has 0 radical (unpaired) electrons. The standard InChI is InChI=1S/C9H10ClN3O3.CH3NO/c10-7-3-8(12-5-11-7)13-1-2-16-6(4-13)9(14)15;2-1-3/h3,5-6H,1-2,4H2,(H,14,15);1H,(H2,2,3)/t6-;/m0./s1. The molecule has 0 unspecified atom stereocenters. The van der Waals surface area contributed by atoms with Crippen molar-refractivity contribution in [3.63, 3.8) is 0 Å². The zero-order valence-electron chi connectivity index (χ0n) is 9.90. The second-order valence-corrected chi connectivity index (χ2v) is 3.87. The summed E-state index contributed by atoms with van der Waals surface area (Å²) in [5.41, 5.74) is 4.17. The molecule has 1 fully saturated rings. The summed E-state index contributed by atoms with van der Waals surface area (Å²) in [6.45, 7) is 1.22. The summed E-state index contributed by atoms with van der Waals surface area (Å²) < 4.78 is 5.10. The van der Waals surface area contributed by atoms with Gasteiger partial charge in [0, 0.05) is 12.6 Å². The molecule has 2 rings (SSSR count). The van der Waals surface area contributed by atoms with Crippen LogP contribution in [0.2, 0.25) is 5.15 Å². The number of morpholine rings is 1. The summed E-state index contributed by atoms with van der Waals surface area (Å²) in [6.07, 6.45) is 0.783. The van der Waals surface area contributed by atoms with Crippen LogP contribution < -0.4 is 10.6 Å². The smallest absolute Gasteiger partial charge is 0.334 e. The Morgan fingerprint density at radius 1 is 1.63 bits per heavy atom. The van der Waals surface area contributed by atoms with Crippen molar-refractivity contribution in [2.24, 2.45) is 5.73 Å². The fourth-order valence-electron chi connectivity index (χ4n) is 1.50. The van der Waals surface area contributed by atoms with E-state index in [1.807, 2.05) is 4.90 Å². The first-order chi connectivity index (χ1) is 9.08. The number of carboxylic acid groups (broad SMARTS) is 1. The first kappa shape index (κ1) is 15.1. The first-order valence-corrected chi connectivity index (χ1v) is 5.68. The van der Waals surface area contributed by atoms with Crippen LogP contribution in [0.3, 0.4) is 0 Å². The van der Waals surface area contributed by atoms with Gasteiger partial charge in [0.1, 0.15) is 17.3 Å². The number of carbonyl (C=O) groups is 2. The van der Waals surface area contributed by atoms with Crippen molar-refractivity contribution in [1.82, 2.24) is 9.97 Å². The summed E-state index contributed by atoms with van der Waals surface area (Å²) in [7, 11) is 0. The predicted octanol–water partition coefficient (Wildman–Crippen LogP) is -0.479. The summed E-state index contributed by atoms with van der Waals surface area (Å²) in [6, 6.07) is 1.60. The quantitative estimate of drug-likeness (QED) is 0.557. The third kappa shape index (κ3) is 4.68. The van der Waals surface area contributed by atoms with Crippen LogP contribution in [0.25, 0.3) is 0 Å². The zero-order valence-corrected chi connectivity index (χ0v) is 10.7. The maximum absolute atomic E-state index is 10.8. The largest absolute Gasteiger partial charge is 0.479 e. The molecule has 1 aromatic rings. The van der Waals surface area contributed by atoms with E-state index in [4.69, 9.17) is 26.2 Å². The van der Waals surface area contributed by atoms with Crippen LogP contribution in [0.4, 0.5) is 5.82 Å². The Morgan fingerprint density at radius 2 is 2.32 bits per heavy atom. The van der Waals surface area contributed by atoms with Crippen LogP contribution in [0, 0.1) is 0 Å². The average molecular weight is 289 g/mol. The third-order valence-electron chi connectivity index (χ3n) is 2.29. The minimum Gasteiger partial charge on any atom is -0.479 e. The summed E-state index contributed by atoms with van der Waals surface area (Å²) in [4.78, 5) is 29.0. The van der Waals surface area contributed by atoms with Gasteiger partial charge < -0.3 is 20.5 Å².